The Morgan fingerprint density at radius 3 is 1.69 bits per heavy atom. The van der Waals surface area contributed by atoms with Gasteiger partial charge in [0.15, 0.2) is 0 Å². The molecule has 0 radical (unpaired) electrons. The Kier molecular flexibility index (Phi) is 8.24. The number of hydrogen-bond acceptors (Lipinski definition) is 9. The molecule has 1 aliphatic carbocycles. The van der Waals surface area contributed by atoms with Gasteiger partial charge >= 0.3 is 0 Å². The van der Waals surface area contributed by atoms with Gasteiger partial charge in [0, 0.05) is 66.2 Å². The van der Waals surface area contributed by atoms with Crippen molar-refractivity contribution < 1.29 is 33.4 Å². The van der Waals surface area contributed by atoms with E-state index in [1.54, 1.807) is 33.8 Å². The van der Waals surface area contributed by atoms with Crippen molar-refractivity contribution in [3.63, 3.8) is 0 Å². The van der Waals surface area contributed by atoms with Gasteiger partial charge in [0.05, 0.1) is 31.4 Å². The Balaban J connectivity index is 1.69. The van der Waals surface area contributed by atoms with Crippen LogP contribution in [-0.2, 0) is 14.4 Å². The number of nitrogens with zero attached hydrogens (tertiary/aromatic N) is 4. The fraction of sp³-hybridized carbons (Fsp3) is 0.519. The molecule has 39 heavy (non-hydrogen) atoms. The molecule has 1 aromatic carbocycles. The van der Waals surface area contributed by atoms with E-state index >= 15 is 0 Å². The van der Waals surface area contributed by atoms with Gasteiger partial charge in [0.25, 0.3) is 0 Å². The predicted molar refractivity (Wildman–Crippen MR) is 140 cm³/mol. The Labute approximate surface area is 227 Å². The van der Waals surface area contributed by atoms with Crippen LogP contribution >= 0.6 is 0 Å². The number of carbonyl (C=O) groups excluding carboxylic acids is 5. The summed E-state index contributed by atoms with van der Waals surface area (Å²) in [6, 6.07) is 2.51. The lowest BCUT2D eigenvalue weighted by Crippen LogP contribution is -2.55. The van der Waals surface area contributed by atoms with Gasteiger partial charge in [-0.15, -0.1) is 0 Å². The number of ether oxygens (including phenoxy) is 2. The average Bonchev–Trinajstić information content (AvgIpc) is 2.94. The Hall–Kier alpha value is -3.93. The predicted octanol–water partition coefficient (Wildman–Crippen LogP) is 0.127. The highest BCUT2D eigenvalue weighted by Crippen LogP contribution is 2.38. The lowest BCUT2D eigenvalue weighted by Gasteiger charge is -2.39. The number of piperazine rings is 2. The maximum absolute atomic E-state index is 14.0. The number of amides is 3. The zero-order valence-electron chi connectivity index (χ0n) is 23.0. The molecule has 1 aromatic rings. The first kappa shape index (κ1) is 28.1. The van der Waals surface area contributed by atoms with E-state index in [0.29, 0.717) is 52.4 Å². The molecule has 0 bridgehead atoms. The van der Waals surface area contributed by atoms with Gasteiger partial charge in [0.1, 0.15) is 22.9 Å². The molecule has 3 amide bonds. The lowest BCUT2D eigenvalue weighted by molar-refractivity contribution is -0.132. The summed E-state index contributed by atoms with van der Waals surface area (Å²) in [5.41, 5.74) is 0.0713. The molecule has 12 nitrogen and oxygen atoms in total. The van der Waals surface area contributed by atoms with Crippen LogP contribution in [0.25, 0.3) is 0 Å². The third-order valence-electron chi connectivity index (χ3n) is 7.68. The molecule has 2 heterocycles. The second-order valence-corrected chi connectivity index (χ2v) is 9.80. The van der Waals surface area contributed by atoms with Crippen LogP contribution in [0.5, 0.6) is 11.5 Å². The van der Waals surface area contributed by atoms with Crippen LogP contribution in [0.1, 0.15) is 41.5 Å². The summed E-state index contributed by atoms with van der Waals surface area (Å²) in [5.74, 6) is -1.11. The zero-order valence-corrected chi connectivity index (χ0v) is 23.0. The Bertz CT molecular complexity index is 1230. The maximum atomic E-state index is 14.0. The van der Waals surface area contributed by atoms with E-state index < -0.39 is 23.5 Å². The van der Waals surface area contributed by atoms with Crippen LogP contribution in [0.4, 0.5) is 0 Å². The Morgan fingerprint density at radius 1 is 0.769 bits per heavy atom. The first-order valence-electron chi connectivity index (χ1n) is 13.0. The molecule has 1 unspecified atom stereocenters. The summed E-state index contributed by atoms with van der Waals surface area (Å²) >= 11 is 0. The van der Waals surface area contributed by atoms with Gasteiger partial charge in [-0.3, -0.25) is 28.9 Å². The number of Topliss-reactive ketones (excluding diaryl/α,β-unsaturated/α-hetero) is 2. The van der Waals surface area contributed by atoms with E-state index in [1.807, 2.05) is 4.90 Å². The molecule has 2 aliphatic heterocycles. The number of hydrogen-bond donors (Lipinski definition) is 1. The first-order valence-corrected chi connectivity index (χ1v) is 13.0. The van der Waals surface area contributed by atoms with Crippen molar-refractivity contribution in [2.24, 2.45) is 0 Å². The summed E-state index contributed by atoms with van der Waals surface area (Å²) in [4.78, 5) is 72.1. The maximum Gasteiger partial charge on any atom is 0.241 e. The Morgan fingerprint density at radius 2 is 1.23 bits per heavy atom. The van der Waals surface area contributed by atoms with E-state index in [1.165, 1.54) is 28.1 Å². The van der Waals surface area contributed by atoms with Crippen molar-refractivity contribution in [3.8, 4) is 11.5 Å². The average molecular weight is 542 g/mol. The summed E-state index contributed by atoms with van der Waals surface area (Å²) in [5, 5.41) is 2.77. The summed E-state index contributed by atoms with van der Waals surface area (Å²) in [6.07, 6.45) is 0. The molecule has 0 aromatic heterocycles. The van der Waals surface area contributed by atoms with Crippen molar-refractivity contribution in [3.05, 3.63) is 34.7 Å². The largest absolute Gasteiger partial charge is 0.496 e. The molecule has 3 aliphatic rings. The highest BCUT2D eigenvalue weighted by Gasteiger charge is 2.41. The van der Waals surface area contributed by atoms with E-state index in [0.717, 1.165) is 0 Å². The number of rotatable bonds is 6. The molecule has 210 valence electrons. The number of allylic oxidation sites excluding steroid dienone is 2. The van der Waals surface area contributed by atoms with Crippen LogP contribution in [0.15, 0.2) is 23.5 Å². The van der Waals surface area contributed by atoms with Gasteiger partial charge in [-0.05, 0) is 19.1 Å². The van der Waals surface area contributed by atoms with Gasteiger partial charge in [-0.1, -0.05) is 0 Å². The molecule has 1 atom stereocenters. The number of nitrogens with one attached hydrogen (secondary N) is 1. The second-order valence-electron chi connectivity index (χ2n) is 9.80. The monoisotopic (exact) mass is 541 g/mol. The number of methoxy groups -OCH3 is 2. The van der Waals surface area contributed by atoms with E-state index in [-0.39, 0.29) is 45.8 Å². The highest BCUT2D eigenvalue weighted by molar-refractivity contribution is 6.29. The van der Waals surface area contributed by atoms with E-state index in [2.05, 4.69) is 5.32 Å². The third kappa shape index (κ3) is 5.33. The van der Waals surface area contributed by atoms with Crippen molar-refractivity contribution >= 4 is 29.3 Å². The van der Waals surface area contributed by atoms with Crippen molar-refractivity contribution in [2.45, 2.75) is 26.8 Å². The molecule has 0 saturated carbocycles. The number of benzene rings is 1. The van der Waals surface area contributed by atoms with Gasteiger partial charge in [0.2, 0.25) is 29.3 Å². The molecule has 12 heteroatoms. The second kappa shape index (κ2) is 11.4. The van der Waals surface area contributed by atoms with Crippen molar-refractivity contribution in [1.29, 1.82) is 0 Å². The van der Waals surface area contributed by atoms with Crippen LogP contribution < -0.4 is 14.8 Å². The van der Waals surface area contributed by atoms with E-state index in [4.69, 9.17) is 9.47 Å². The molecule has 1 N–H and O–H groups in total. The highest BCUT2D eigenvalue weighted by atomic mass is 16.5. The topological polar surface area (TPSA) is 129 Å². The van der Waals surface area contributed by atoms with Crippen molar-refractivity contribution in [2.75, 3.05) is 66.6 Å². The summed E-state index contributed by atoms with van der Waals surface area (Å²) in [6.45, 7) is 8.14. The molecular formula is C27H35N5O7. The minimum absolute atomic E-state index is 0.0132. The molecular weight excluding hydrogens is 506 g/mol. The van der Waals surface area contributed by atoms with Crippen LogP contribution in [0.2, 0.25) is 0 Å². The SMILES string of the molecule is COc1ccc(OC)c2c1C(=O)C(NC(=O)C(C)N1CCN(C(C)=O)CC1)=C(N1CCN(C(C)=O)CC1)C2=O. The van der Waals surface area contributed by atoms with Crippen LogP contribution in [0.3, 0.4) is 0 Å². The van der Waals surface area contributed by atoms with Gasteiger partial charge in [-0.25, -0.2) is 0 Å². The van der Waals surface area contributed by atoms with Crippen molar-refractivity contribution in [1.82, 2.24) is 24.9 Å². The quantitative estimate of drug-likeness (QED) is 0.534. The molecule has 2 fully saturated rings. The molecule has 0 spiro atoms. The summed E-state index contributed by atoms with van der Waals surface area (Å²) < 4.78 is 10.8. The molecule has 2 saturated heterocycles. The number of ketones is 2. The zero-order chi connectivity index (χ0) is 28.4. The minimum Gasteiger partial charge on any atom is -0.496 e. The van der Waals surface area contributed by atoms with Crippen LogP contribution in [0, 0.1) is 0 Å². The summed E-state index contributed by atoms with van der Waals surface area (Å²) in [7, 11) is 2.82. The fourth-order valence-corrected chi connectivity index (χ4v) is 5.30. The normalized spacial score (nSPS) is 19.1. The lowest BCUT2D eigenvalue weighted by atomic mass is 9.87. The minimum atomic E-state index is -0.612. The van der Waals surface area contributed by atoms with E-state index in [9.17, 15) is 24.0 Å². The smallest absolute Gasteiger partial charge is 0.241 e. The third-order valence-corrected chi connectivity index (χ3v) is 7.68. The number of fused-ring (bicyclic) bond motifs is 1. The first-order chi connectivity index (χ1) is 18.6. The fourth-order valence-electron chi connectivity index (χ4n) is 5.30. The van der Waals surface area contributed by atoms with Gasteiger partial charge < -0.3 is 29.5 Å². The standard InChI is InChI=1S/C27H35N5O7/c1-16(29-8-10-30(11-9-29)17(2)33)27(37)28-23-24(32-14-12-31(13-15-32)18(3)34)26(36)22-20(39-5)7-6-19(38-4)21(22)25(23)35/h6-7,16H,8-15H2,1-5H3,(H,28,37). The van der Waals surface area contributed by atoms with Gasteiger partial charge in [-0.2, -0.15) is 0 Å². The number of carbonyl (C=O) groups is 5. The van der Waals surface area contributed by atoms with Crippen LogP contribution in [-0.4, -0.2) is 122 Å². The molecule has 4 rings (SSSR count).